The molecule has 0 bridgehead atoms. The second-order valence-corrected chi connectivity index (χ2v) is 11.6. The molecule has 2 aromatic carbocycles. The summed E-state index contributed by atoms with van der Waals surface area (Å²) in [5.74, 6) is -3.53. The van der Waals surface area contributed by atoms with Gasteiger partial charge in [-0.1, -0.05) is 0 Å². The van der Waals surface area contributed by atoms with Crippen LogP contribution < -0.4 is 18.5 Å². The van der Waals surface area contributed by atoms with E-state index in [0.717, 1.165) is 22.7 Å². The van der Waals surface area contributed by atoms with Gasteiger partial charge in [0.05, 0.1) is 47.5 Å². The van der Waals surface area contributed by atoms with Crippen LogP contribution in [0.3, 0.4) is 0 Å². The first kappa shape index (κ1) is 29.9. The summed E-state index contributed by atoms with van der Waals surface area (Å²) in [5.41, 5.74) is 0.662. The lowest BCUT2D eigenvalue weighted by Crippen LogP contribution is -2.03. The lowest BCUT2D eigenvalue weighted by molar-refractivity contribution is -0.137. The highest BCUT2D eigenvalue weighted by Gasteiger charge is 2.30. The molecule has 0 saturated carbocycles. The highest BCUT2D eigenvalue weighted by Crippen LogP contribution is 2.51. The molecule has 0 aliphatic heterocycles. The van der Waals surface area contributed by atoms with Gasteiger partial charge < -0.3 is 28.7 Å². The normalized spacial score (nSPS) is 11.4. The van der Waals surface area contributed by atoms with Gasteiger partial charge in [-0.05, 0) is 0 Å². The second-order valence-electron chi connectivity index (χ2n) is 8.26. The van der Waals surface area contributed by atoms with Crippen molar-refractivity contribution in [1.82, 2.24) is 9.97 Å². The Bertz CT molecular complexity index is 1610. The number of methoxy groups -OCH3 is 2. The van der Waals surface area contributed by atoms with Crippen molar-refractivity contribution in [1.29, 1.82) is 0 Å². The van der Waals surface area contributed by atoms with Crippen molar-refractivity contribution < 1.29 is 57.4 Å². The molecule has 2 aromatic heterocycles. The van der Waals surface area contributed by atoms with Crippen LogP contribution >= 0.6 is 30.5 Å². The van der Waals surface area contributed by atoms with Gasteiger partial charge in [-0.15, -0.1) is 22.7 Å². The van der Waals surface area contributed by atoms with Crippen LogP contribution in [0.1, 0.15) is 45.3 Å². The van der Waals surface area contributed by atoms with Crippen molar-refractivity contribution in [3.8, 4) is 23.0 Å². The number of carbonyl (C=O) groups is 4. The first-order chi connectivity index (χ1) is 19.4. The number of phosphoric ester groups is 1. The molecule has 0 unspecified atom stereocenters. The minimum Gasteiger partial charge on any atom is -0.493 e. The number of carbonyl (C=O) groups excluding carboxylic acids is 2. The number of rotatable bonds is 14. The first-order valence-corrected chi connectivity index (χ1v) is 14.7. The zero-order valence-electron chi connectivity index (χ0n) is 21.3. The summed E-state index contributed by atoms with van der Waals surface area (Å²) in [6, 6.07) is 5.46. The van der Waals surface area contributed by atoms with Crippen molar-refractivity contribution in [2.45, 2.75) is 25.7 Å². The van der Waals surface area contributed by atoms with E-state index in [-0.39, 0.29) is 58.7 Å². The van der Waals surface area contributed by atoms with Crippen LogP contribution in [-0.2, 0) is 14.2 Å². The molecule has 41 heavy (non-hydrogen) atoms. The maximum Gasteiger partial charge on any atom is 0.585 e. The highest BCUT2D eigenvalue weighted by atomic mass is 32.1. The number of hydrogen-bond donors (Lipinski definition) is 3. The number of phosphoric acid groups is 1. The average molecular weight is 625 g/mol. The van der Waals surface area contributed by atoms with Crippen molar-refractivity contribution in [2.24, 2.45) is 0 Å². The molecule has 2 heterocycles. The minimum atomic E-state index is -4.90. The molecule has 0 atom stereocenters. The van der Waals surface area contributed by atoms with Crippen LogP contribution in [0.5, 0.6) is 23.0 Å². The SMILES string of the molecule is COc1cc2nc(C(=O)CCC(=O)O)sc2cc1OP(=O)(O)Oc1cc2sc(C(=O)CCC(=O)O)nc2cc1OC. The van der Waals surface area contributed by atoms with Crippen LogP contribution in [0.2, 0.25) is 0 Å². The van der Waals surface area contributed by atoms with Gasteiger partial charge in [0.15, 0.2) is 44.6 Å². The van der Waals surface area contributed by atoms with E-state index in [9.17, 15) is 28.6 Å². The van der Waals surface area contributed by atoms with Gasteiger partial charge in [0.1, 0.15) is 0 Å². The molecule has 4 aromatic rings. The first-order valence-electron chi connectivity index (χ1n) is 11.6. The smallest absolute Gasteiger partial charge is 0.493 e. The van der Waals surface area contributed by atoms with E-state index in [2.05, 4.69) is 9.97 Å². The number of ketones is 2. The molecule has 0 fully saturated rings. The number of carboxylic acids is 2. The predicted molar refractivity (Wildman–Crippen MR) is 146 cm³/mol. The van der Waals surface area contributed by atoms with Crippen molar-refractivity contribution in [3.05, 3.63) is 34.3 Å². The molecule has 0 amide bonds. The summed E-state index contributed by atoms with van der Waals surface area (Å²) in [7, 11) is -2.32. The van der Waals surface area contributed by atoms with Crippen molar-refractivity contribution >= 4 is 74.4 Å². The fourth-order valence-corrected chi connectivity index (χ4v) is 6.20. The number of nitrogens with zero attached hydrogens (tertiary/aromatic N) is 2. The molecular weight excluding hydrogens is 603 g/mol. The third-order valence-electron chi connectivity index (χ3n) is 5.38. The van der Waals surface area contributed by atoms with Crippen LogP contribution in [-0.4, -0.2) is 62.8 Å². The van der Waals surface area contributed by atoms with Crippen molar-refractivity contribution in [3.63, 3.8) is 0 Å². The number of thiazole rings is 2. The Labute approximate surface area is 238 Å². The number of Topliss-reactive ketones (excluding diaryl/α,β-unsaturated/α-hetero) is 2. The Morgan fingerprint density at radius 3 is 1.44 bits per heavy atom. The Balaban J connectivity index is 1.59. The fraction of sp³-hybridized carbons (Fsp3) is 0.250. The quantitative estimate of drug-likeness (QED) is 0.130. The molecular formula is C24H21N2O12PS2. The largest absolute Gasteiger partial charge is 0.585 e. The summed E-state index contributed by atoms with van der Waals surface area (Å²) in [4.78, 5) is 65.1. The number of carboxylic acid groups (broad SMARTS) is 2. The molecule has 216 valence electrons. The summed E-state index contributed by atoms with van der Waals surface area (Å²) in [6.45, 7) is 0. The fourth-order valence-electron chi connectivity index (χ4n) is 3.49. The van der Waals surface area contributed by atoms with Gasteiger partial charge in [0, 0.05) is 37.1 Å². The van der Waals surface area contributed by atoms with Gasteiger partial charge in [-0.2, -0.15) is 0 Å². The van der Waals surface area contributed by atoms with E-state index < -0.39 is 31.3 Å². The monoisotopic (exact) mass is 624 g/mol. The molecule has 3 N–H and O–H groups in total. The number of aliphatic carboxylic acids is 2. The second kappa shape index (κ2) is 12.2. The number of aromatic nitrogens is 2. The Morgan fingerprint density at radius 1 is 0.707 bits per heavy atom. The number of hydrogen-bond acceptors (Lipinski definition) is 13. The Morgan fingerprint density at radius 2 is 1.10 bits per heavy atom. The topological polar surface area (TPSA) is 209 Å². The molecule has 0 aliphatic carbocycles. The van der Waals surface area contributed by atoms with Crippen molar-refractivity contribution in [2.75, 3.05) is 14.2 Å². The average Bonchev–Trinajstić information content (AvgIpc) is 3.52. The van der Waals surface area contributed by atoms with E-state index in [4.69, 9.17) is 28.7 Å². The zero-order valence-corrected chi connectivity index (χ0v) is 23.8. The Hall–Kier alpha value is -4.11. The Kier molecular flexibility index (Phi) is 8.87. The van der Waals surface area contributed by atoms with Crippen LogP contribution in [0, 0.1) is 0 Å². The molecule has 14 nitrogen and oxygen atoms in total. The van der Waals surface area contributed by atoms with Gasteiger partial charge in [0.2, 0.25) is 0 Å². The standard InChI is InChI=1S/C24H21N2O12PS2/c1-35-15-7-11-19(40-23(25-11)13(27)3-5-21(29)30)9-17(15)37-39(33,34)38-18-10-20-12(8-16(18)36-2)26-24(41-20)14(28)4-6-22(31)32/h7-10H,3-6H2,1-2H3,(H,29,30)(H,31,32)(H,33,34). The predicted octanol–water partition coefficient (Wildman–Crippen LogP) is 4.58. The molecule has 0 aliphatic rings. The summed E-state index contributed by atoms with van der Waals surface area (Å²) in [5, 5.41) is 17.7. The van der Waals surface area contributed by atoms with E-state index in [1.807, 2.05) is 0 Å². The van der Waals surface area contributed by atoms with Crippen LogP contribution in [0.4, 0.5) is 0 Å². The molecule has 0 radical (unpaired) electrons. The lowest BCUT2D eigenvalue weighted by atomic mass is 10.2. The number of fused-ring (bicyclic) bond motifs is 2. The molecule has 4 rings (SSSR count). The summed E-state index contributed by atoms with van der Waals surface area (Å²) >= 11 is 1.90. The number of ether oxygens (including phenoxy) is 2. The third-order valence-corrected chi connectivity index (χ3v) is 8.36. The third kappa shape index (κ3) is 7.16. The number of benzene rings is 2. The maximum atomic E-state index is 13.0. The van der Waals surface area contributed by atoms with E-state index in [0.29, 0.717) is 20.4 Å². The zero-order chi connectivity index (χ0) is 29.9. The summed E-state index contributed by atoms with van der Waals surface area (Å²) < 4.78 is 34.9. The summed E-state index contributed by atoms with van der Waals surface area (Å²) in [6.07, 6.45) is -1.17. The van der Waals surface area contributed by atoms with Crippen LogP contribution in [0.25, 0.3) is 20.4 Å². The molecule has 0 spiro atoms. The highest BCUT2D eigenvalue weighted by molar-refractivity contribution is 7.48. The van der Waals surface area contributed by atoms with Gasteiger partial charge in [0.25, 0.3) is 0 Å². The van der Waals surface area contributed by atoms with E-state index in [1.165, 1.54) is 38.5 Å². The minimum absolute atomic E-state index is 0.0135. The lowest BCUT2D eigenvalue weighted by Gasteiger charge is -2.17. The van der Waals surface area contributed by atoms with E-state index in [1.54, 1.807) is 0 Å². The van der Waals surface area contributed by atoms with Gasteiger partial charge in [-0.25, -0.2) is 14.5 Å². The van der Waals surface area contributed by atoms with Gasteiger partial charge in [-0.3, -0.25) is 24.1 Å². The maximum absolute atomic E-state index is 13.0. The van der Waals surface area contributed by atoms with Gasteiger partial charge >= 0.3 is 19.8 Å². The van der Waals surface area contributed by atoms with E-state index >= 15 is 0 Å². The molecule has 0 saturated heterocycles. The molecule has 17 heteroatoms. The van der Waals surface area contributed by atoms with Crippen LogP contribution in [0.15, 0.2) is 24.3 Å².